The Kier molecular flexibility index (Phi) is 2.90. The van der Waals surface area contributed by atoms with E-state index in [0.717, 1.165) is 6.54 Å². The molecule has 1 saturated carbocycles. The van der Waals surface area contributed by atoms with Crippen LogP contribution in [0.5, 0.6) is 0 Å². The fourth-order valence-corrected chi connectivity index (χ4v) is 1.60. The third-order valence-electron chi connectivity index (χ3n) is 2.22. The number of hydrogen-bond acceptors (Lipinski definition) is 4. The lowest BCUT2D eigenvalue weighted by Crippen LogP contribution is -2.29. The molecule has 0 bridgehead atoms. The summed E-state index contributed by atoms with van der Waals surface area (Å²) in [7, 11) is 0. The van der Waals surface area contributed by atoms with E-state index in [1.54, 1.807) is 0 Å². The van der Waals surface area contributed by atoms with Gasteiger partial charge < -0.3 is 11.1 Å². The molecule has 0 radical (unpaired) electrons. The van der Waals surface area contributed by atoms with Gasteiger partial charge in [-0.3, -0.25) is 4.79 Å². The Morgan fingerprint density at radius 2 is 2.40 bits per heavy atom. The number of carbonyl (C=O) groups is 1. The molecule has 1 aromatic heterocycles. The summed E-state index contributed by atoms with van der Waals surface area (Å²) in [5.74, 6) is 0.780. The fourth-order valence-electron chi connectivity index (χ4n) is 1.21. The van der Waals surface area contributed by atoms with Crippen molar-refractivity contribution in [2.75, 3.05) is 12.3 Å². The van der Waals surface area contributed by atoms with Crippen molar-refractivity contribution in [1.82, 2.24) is 20.1 Å². The lowest BCUT2D eigenvalue weighted by atomic mass is 10.4. The quantitative estimate of drug-likeness (QED) is 0.818. The van der Waals surface area contributed by atoms with Crippen molar-refractivity contribution in [3.8, 4) is 0 Å². The molecular weight excluding hydrogens is 262 g/mol. The van der Waals surface area contributed by atoms with E-state index in [1.165, 1.54) is 17.5 Å². The molecule has 2 rings (SSSR count). The second-order valence-electron chi connectivity index (χ2n) is 3.64. The smallest absolute Gasteiger partial charge is 0.241 e. The fraction of sp³-hybridized carbons (Fsp3) is 0.625. The molecule has 15 heavy (non-hydrogen) atoms. The first-order chi connectivity index (χ1) is 7.15. The molecule has 7 heteroatoms. The third-order valence-corrected chi connectivity index (χ3v) is 2.81. The Hall–Kier alpha value is -1.11. The molecule has 1 fully saturated rings. The van der Waals surface area contributed by atoms with Gasteiger partial charge in [0.15, 0.2) is 4.73 Å². The number of hydrogen-bond donors (Lipinski definition) is 2. The maximum absolute atomic E-state index is 11.4. The minimum atomic E-state index is -0.0625. The van der Waals surface area contributed by atoms with Crippen molar-refractivity contribution in [3.05, 3.63) is 4.73 Å². The van der Waals surface area contributed by atoms with Crippen LogP contribution < -0.4 is 11.1 Å². The van der Waals surface area contributed by atoms with Crippen LogP contribution in [-0.2, 0) is 11.3 Å². The Morgan fingerprint density at radius 1 is 1.67 bits per heavy atom. The number of rotatable bonds is 4. The van der Waals surface area contributed by atoms with Gasteiger partial charge in [0.25, 0.3) is 0 Å². The maximum Gasteiger partial charge on any atom is 0.241 e. The van der Waals surface area contributed by atoms with Gasteiger partial charge in [0.2, 0.25) is 11.9 Å². The summed E-state index contributed by atoms with van der Waals surface area (Å²) in [5, 5.41) is 6.71. The lowest BCUT2D eigenvalue weighted by Gasteiger charge is -2.03. The molecule has 0 atom stereocenters. The van der Waals surface area contributed by atoms with E-state index >= 15 is 0 Å². The van der Waals surface area contributed by atoms with Gasteiger partial charge in [0, 0.05) is 6.54 Å². The number of aromatic nitrogens is 3. The molecular formula is C8H12BrN5O. The number of nitrogen functional groups attached to an aromatic ring is 1. The molecule has 3 N–H and O–H groups in total. The van der Waals surface area contributed by atoms with Crippen molar-refractivity contribution < 1.29 is 4.79 Å². The van der Waals surface area contributed by atoms with Gasteiger partial charge in [-0.05, 0) is 34.7 Å². The molecule has 0 saturated heterocycles. The van der Waals surface area contributed by atoms with Crippen LogP contribution in [0.15, 0.2) is 4.73 Å². The monoisotopic (exact) mass is 273 g/mol. The van der Waals surface area contributed by atoms with Crippen LogP contribution in [0.4, 0.5) is 5.95 Å². The highest BCUT2D eigenvalue weighted by molar-refractivity contribution is 9.10. The Balaban J connectivity index is 1.84. The number of carbonyl (C=O) groups excluding carboxylic acids is 1. The lowest BCUT2D eigenvalue weighted by molar-refractivity contribution is -0.121. The zero-order chi connectivity index (χ0) is 10.8. The molecule has 6 nitrogen and oxygen atoms in total. The zero-order valence-electron chi connectivity index (χ0n) is 8.11. The molecule has 1 aromatic rings. The van der Waals surface area contributed by atoms with Gasteiger partial charge in [0.05, 0.1) is 0 Å². The number of nitrogens with two attached hydrogens (primary N) is 1. The molecule has 1 aliphatic rings. The first-order valence-corrected chi connectivity index (χ1v) is 5.57. The number of amides is 1. The van der Waals surface area contributed by atoms with Crippen LogP contribution in [0.1, 0.15) is 12.8 Å². The van der Waals surface area contributed by atoms with Crippen LogP contribution >= 0.6 is 15.9 Å². The predicted molar refractivity (Wildman–Crippen MR) is 57.9 cm³/mol. The normalized spacial score (nSPS) is 15.3. The van der Waals surface area contributed by atoms with Crippen LogP contribution in [0, 0.1) is 5.92 Å². The van der Waals surface area contributed by atoms with Crippen LogP contribution in [0.2, 0.25) is 0 Å². The highest BCUT2D eigenvalue weighted by Gasteiger charge is 2.21. The minimum Gasteiger partial charge on any atom is -0.366 e. The molecule has 1 aliphatic carbocycles. The van der Waals surface area contributed by atoms with Gasteiger partial charge in [0.1, 0.15) is 6.54 Å². The first kappa shape index (κ1) is 10.4. The van der Waals surface area contributed by atoms with Gasteiger partial charge in [-0.2, -0.15) is 4.98 Å². The molecule has 0 aliphatic heterocycles. The topological polar surface area (TPSA) is 85.8 Å². The highest BCUT2D eigenvalue weighted by atomic mass is 79.9. The summed E-state index contributed by atoms with van der Waals surface area (Å²) in [6.07, 6.45) is 2.44. The van der Waals surface area contributed by atoms with Gasteiger partial charge >= 0.3 is 0 Å². The van der Waals surface area contributed by atoms with Crippen molar-refractivity contribution in [3.63, 3.8) is 0 Å². The van der Waals surface area contributed by atoms with E-state index in [9.17, 15) is 4.79 Å². The number of nitrogens with one attached hydrogen (secondary N) is 1. The van der Waals surface area contributed by atoms with Gasteiger partial charge in [-0.15, -0.1) is 5.10 Å². The minimum absolute atomic E-state index is 0.0625. The molecule has 0 aromatic carbocycles. The highest BCUT2D eigenvalue weighted by Crippen LogP contribution is 2.27. The van der Waals surface area contributed by atoms with Crippen LogP contribution in [0.3, 0.4) is 0 Å². The number of anilines is 1. The van der Waals surface area contributed by atoms with E-state index < -0.39 is 0 Å². The second kappa shape index (κ2) is 4.18. The van der Waals surface area contributed by atoms with E-state index in [1.807, 2.05) is 0 Å². The average molecular weight is 274 g/mol. The third kappa shape index (κ3) is 2.92. The molecule has 1 heterocycles. The maximum atomic E-state index is 11.4. The van der Waals surface area contributed by atoms with Gasteiger partial charge in [-0.1, -0.05) is 0 Å². The van der Waals surface area contributed by atoms with Crippen molar-refractivity contribution in [2.45, 2.75) is 19.4 Å². The first-order valence-electron chi connectivity index (χ1n) is 4.77. The Bertz CT molecular complexity index is 373. The zero-order valence-corrected chi connectivity index (χ0v) is 9.70. The van der Waals surface area contributed by atoms with Crippen molar-refractivity contribution in [2.24, 2.45) is 5.92 Å². The van der Waals surface area contributed by atoms with E-state index in [4.69, 9.17) is 5.73 Å². The summed E-state index contributed by atoms with van der Waals surface area (Å²) in [4.78, 5) is 15.3. The van der Waals surface area contributed by atoms with Crippen molar-refractivity contribution >= 4 is 27.8 Å². The summed E-state index contributed by atoms with van der Waals surface area (Å²) in [6, 6.07) is 0. The average Bonchev–Trinajstić information content (AvgIpc) is 2.92. The number of nitrogens with zero attached hydrogens (tertiary/aromatic N) is 3. The molecule has 82 valence electrons. The molecule has 0 spiro atoms. The van der Waals surface area contributed by atoms with Crippen molar-refractivity contribution in [1.29, 1.82) is 0 Å². The summed E-state index contributed by atoms with van der Waals surface area (Å²) < 4.78 is 1.90. The largest absolute Gasteiger partial charge is 0.366 e. The van der Waals surface area contributed by atoms with E-state index in [0.29, 0.717) is 10.7 Å². The number of halogens is 1. The predicted octanol–water partition coefficient (Wildman–Crippen LogP) is 0.149. The SMILES string of the molecule is Nc1nc(Br)n(CC(=O)NCC2CC2)n1. The Morgan fingerprint density at radius 3 is 2.93 bits per heavy atom. The van der Waals surface area contributed by atoms with Crippen LogP contribution in [0.25, 0.3) is 0 Å². The summed E-state index contributed by atoms with van der Waals surface area (Å²) in [6.45, 7) is 0.915. The summed E-state index contributed by atoms with van der Waals surface area (Å²) in [5.41, 5.74) is 5.38. The molecule has 1 amide bonds. The standard InChI is InChI=1S/C8H12BrN5O/c9-7-12-8(10)13-14(7)4-6(15)11-3-5-1-2-5/h5H,1-4H2,(H2,10,13)(H,11,15). The summed E-state index contributed by atoms with van der Waals surface area (Å²) >= 11 is 3.17. The van der Waals surface area contributed by atoms with E-state index in [2.05, 4.69) is 31.3 Å². The Labute approximate surface area is 95.4 Å². The molecule has 0 unspecified atom stereocenters. The van der Waals surface area contributed by atoms with Gasteiger partial charge in [-0.25, -0.2) is 4.68 Å². The second-order valence-corrected chi connectivity index (χ2v) is 4.35. The van der Waals surface area contributed by atoms with Crippen LogP contribution in [-0.4, -0.2) is 27.2 Å². The van der Waals surface area contributed by atoms with E-state index in [-0.39, 0.29) is 18.4 Å².